The second-order valence-electron chi connectivity index (χ2n) is 6.62. The zero-order chi connectivity index (χ0) is 20.6. The van der Waals surface area contributed by atoms with Gasteiger partial charge >= 0.3 is 6.61 Å². The monoisotopic (exact) mass is 529 g/mol. The molecule has 0 aliphatic rings. The Morgan fingerprint density at radius 2 is 2.00 bits per heavy atom. The van der Waals surface area contributed by atoms with Crippen LogP contribution in [0.15, 0.2) is 53.8 Å². The maximum absolute atomic E-state index is 12.6. The third-order valence-corrected chi connectivity index (χ3v) is 4.50. The van der Waals surface area contributed by atoms with E-state index in [1.54, 1.807) is 19.2 Å². The molecule has 2 aromatic carbocycles. The quantitative estimate of drug-likeness (QED) is 0.198. The second kappa shape index (κ2) is 11.7. The molecule has 0 aliphatic heterocycles. The summed E-state index contributed by atoms with van der Waals surface area (Å²) in [5.41, 5.74) is 3.72. The van der Waals surface area contributed by atoms with Gasteiger partial charge in [0.2, 0.25) is 0 Å². The Morgan fingerprint density at radius 1 is 1.20 bits per heavy atom. The molecule has 30 heavy (non-hydrogen) atoms. The summed E-state index contributed by atoms with van der Waals surface area (Å²) in [6, 6.07) is 13.1. The van der Waals surface area contributed by atoms with Crippen LogP contribution in [0.5, 0.6) is 5.75 Å². The van der Waals surface area contributed by atoms with E-state index in [1.165, 1.54) is 0 Å². The first-order valence-electron chi connectivity index (χ1n) is 9.45. The zero-order valence-corrected chi connectivity index (χ0v) is 19.3. The van der Waals surface area contributed by atoms with Crippen molar-refractivity contribution in [1.29, 1.82) is 0 Å². The molecule has 0 saturated carbocycles. The van der Waals surface area contributed by atoms with Gasteiger partial charge in [-0.2, -0.15) is 8.78 Å². The number of aryl methyl sites for hydroxylation is 2. The maximum Gasteiger partial charge on any atom is 0.387 e. The van der Waals surface area contributed by atoms with Crippen molar-refractivity contribution in [2.75, 3.05) is 13.6 Å². The van der Waals surface area contributed by atoms with Crippen molar-refractivity contribution in [3.8, 4) is 5.75 Å². The summed E-state index contributed by atoms with van der Waals surface area (Å²) in [4.78, 5) is 8.58. The SMILES string of the molecule is CN=C(NCCCn1cnc2ccccc21)NCc1cc(C)ccc1OC(F)F.I. The average molecular weight is 529 g/mol. The Bertz CT molecular complexity index is 977. The molecule has 3 aromatic rings. The highest BCUT2D eigenvalue weighted by molar-refractivity contribution is 14.0. The van der Waals surface area contributed by atoms with E-state index in [4.69, 9.17) is 0 Å². The molecule has 3 rings (SSSR count). The first-order chi connectivity index (χ1) is 14.1. The van der Waals surface area contributed by atoms with Gasteiger partial charge in [0, 0.05) is 32.2 Å². The third kappa shape index (κ3) is 6.54. The number of hydrogen-bond acceptors (Lipinski definition) is 3. The van der Waals surface area contributed by atoms with Gasteiger partial charge in [0.25, 0.3) is 0 Å². The number of halogens is 3. The average Bonchev–Trinajstić information content (AvgIpc) is 3.12. The van der Waals surface area contributed by atoms with Crippen LogP contribution >= 0.6 is 24.0 Å². The molecule has 9 heteroatoms. The van der Waals surface area contributed by atoms with Gasteiger partial charge < -0.3 is 19.9 Å². The number of fused-ring (bicyclic) bond motifs is 1. The first kappa shape index (κ1) is 23.8. The predicted molar refractivity (Wildman–Crippen MR) is 126 cm³/mol. The molecule has 0 spiro atoms. The number of benzene rings is 2. The zero-order valence-electron chi connectivity index (χ0n) is 16.9. The fourth-order valence-corrected chi connectivity index (χ4v) is 3.10. The van der Waals surface area contributed by atoms with Crippen LogP contribution in [0.25, 0.3) is 11.0 Å². The molecule has 1 heterocycles. The summed E-state index contributed by atoms with van der Waals surface area (Å²) in [5, 5.41) is 6.39. The molecule has 0 aliphatic carbocycles. The highest BCUT2D eigenvalue weighted by atomic mass is 127. The van der Waals surface area contributed by atoms with E-state index in [1.807, 2.05) is 37.5 Å². The number of imidazole rings is 1. The van der Waals surface area contributed by atoms with E-state index in [9.17, 15) is 8.78 Å². The van der Waals surface area contributed by atoms with Crippen LogP contribution in [0, 0.1) is 6.92 Å². The Hall–Kier alpha value is -2.43. The van der Waals surface area contributed by atoms with Crippen molar-refractivity contribution in [2.24, 2.45) is 4.99 Å². The number of guanidine groups is 1. The van der Waals surface area contributed by atoms with Gasteiger partial charge in [-0.15, -0.1) is 24.0 Å². The molecule has 6 nitrogen and oxygen atoms in total. The maximum atomic E-state index is 12.6. The molecule has 0 unspecified atom stereocenters. The number of nitrogens with zero attached hydrogens (tertiary/aromatic N) is 3. The molecule has 1 aromatic heterocycles. The van der Waals surface area contributed by atoms with Crippen LogP contribution in [0.4, 0.5) is 8.78 Å². The van der Waals surface area contributed by atoms with Crippen LogP contribution in [0.1, 0.15) is 17.5 Å². The number of hydrogen-bond donors (Lipinski definition) is 2. The molecule has 0 amide bonds. The van der Waals surface area contributed by atoms with Gasteiger partial charge in [-0.1, -0.05) is 29.8 Å². The summed E-state index contributed by atoms with van der Waals surface area (Å²) < 4.78 is 31.9. The number of aromatic nitrogens is 2. The lowest BCUT2D eigenvalue weighted by atomic mass is 10.1. The van der Waals surface area contributed by atoms with Gasteiger partial charge in [0.15, 0.2) is 5.96 Å². The van der Waals surface area contributed by atoms with Crippen molar-refractivity contribution in [3.05, 3.63) is 59.9 Å². The van der Waals surface area contributed by atoms with E-state index in [0.29, 0.717) is 24.6 Å². The minimum absolute atomic E-state index is 0. The Labute approximate surface area is 191 Å². The predicted octanol–water partition coefficient (Wildman–Crippen LogP) is 4.32. The van der Waals surface area contributed by atoms with Crippen LogP contribution in [-0.4, -0.2) is 35.7 Å². The molecule has 2 N–H and O–H groups in total. The summed E-state index contributed by atoms with van der Waals surface area (Å²) in [6.07, 6.45) is 2.73. The normalized spacial score (nSPS) is 11.4. The van der Waals surface area contributed by atoms with Gasteiger partial charge in [-0.3, -0.25) is 4.99 Å². The number of alkyl halides is 2. The van der Waals surface area contributed by atoms with Crippen molar-refractivity contribution in [3.63, 3.8) is 0 Å². The fraction of sp³-hybridized carbons (Fsp3) is 0.333. The smallest absolute Gasteiger partial charge is 0.387 e. The summed E-state index contributed by atoms with van der Waals surface area (Å²) in [5.74, 6) is 0.769. The highest BCUT2D eigenvalue weighted by Gasteiger charge is 2.10. The van der Waals surface area contributed by atoms with Gasteiger partial charge in [-0.05, 0) is 31.5 Å². The van der Waals surface area contributed by atoms with E-state index in [-0.39, 0.29) is 29.7 Å². The largest absolute Gasteiger partial charge is 0.434 e. The standard InChI is InChI=1S/C21H25F2N5O.HI/c1-15-8-9-19(29-20(22)23)16(12-15)13-26-21(24-2)25-10-5-11-28-14-27-17-6-3-4-7-18(17)28;/h3-4,6-9,12,14,20H,5,10-11,13H2,1-2H3,(H2,24,25,26);1H. The highest BCUT2D eigenvalue weighted by Crippen LogP contribution is 2.22. The lowest BCUT2D eigenvalue weighted by molar-refractivity contribution is -0.0504. The number of ether oxygens (including phenoxy) is 1. The molecule has 0 saturated heterocycles. The summed E-state index contributed by atoms with van der Waals surface area (Å²) in [6.45, 7) is 0.918. The number of nitrogens with one attached hydrogen (secondary N) is 2. The van der Waals surface area contributed by atoms with E-state index in [2.05, 4.69) is 36.0 Å². The third-order valence-electron chi connectivity index (χ3n) is 4.50. The van der Waals surface area contributed by atoms with Crippen LogP contribution < -0.4 is 15.4 Å². The molecular weight excluding hydrogens is 503 g/mol. The van der Waals surface area contributed by atoms with E-state index < -0.39 is 6.61 Å². The van der Waals surface area contributed by atoms with Crippen molar-refractivity contribution < 1.29 is 13.5 Å². The number of para-hydroxylation sites is 2. The fourth-order valence-electron chi connectivity index (χ4n) is 3.10. The van der Waals surface area contributed by atoms with Gasteiger partial charge in [0.05, 0.1) is 17.4 Å². The van der Waals surface area contributed by atoms with Crippen LogP contribution in [0.2, 0.25) is 0 Å². The molecule has 0 radical (unpaired) electrons. The van der Waals surface area contributed by atoms with Crippen molar-refractivity contribution in [1.82, 2.24) is 20.2 Å². The number of aliphatic imine (C=N–C) groups is 1. The molecule has 0 atom stereocenters. The Kier molecular flexibility index (Phi) is 9.28. The van der Waals surface area contributed by atoms with Crippen LogP contribution in [0.3, 0.4) is 0 Å². The molecular formula is C21H26F2IN5O. The summed E-state index contributed by atoms with van der Waals surface area (Å²) in [7, 11) is 1.67. The summed E-state index contributed by atoms with van der Waals surface area (Å²) >= 11 is 0. The minimum Gasteiger partial charge on any atom is -0.434 e. The van der Waals surface area contributed by atoms with E-state index in [0.717, 1.165) is 29.6 Å². The van der Waals surface area contributed by atoms with Gasteiger partial charge in [0.1, 0.15) is 5.75 Å². The Morgan fingerprint density at radius 3 is 2.77 bits per heavy atom. The number of rotatable bonds is 8. The van der Waals surface area contributed by atoms with Crippen molar-refractivity contribution >= 4 is 41.0 Å². The molecule has 162 valence electrons. The Balaban J connectivity index is 0.00000320. The molecule has 0 fully saturated rings. The minimum atomic E-state index is -2.85. The van der Waals surface area contributed by atoms with Crippen LogP contribution in [-0.2, 0) is 13.1 Å². The molecule has 0 bridgehead atoms. The first-order valence-corrected chi connectivity index (χ1v) is 9.45. The second-order valence-corrected chi connectivity index (χ2v) is 6.62. The van der Waals surface area contributed by atoms with E-state index >= 15 is 0 Å². The topological polar surface area (TPSA) is 63.5 Å². The van der Waals surface area contributed by atoms with Gasteiger partial charge in [-0.25, -0.2) is 4.98 Å². The lowest BCUT2D eigenvalue weighted by Crippen LogP contribution is -2.37. The van der Waals surface area contributed by atoms with Crippen molar-refractivity contribution in [2.45, 2.75) is 33.0 Å². The lowest BCUT2D eigenvalue weighted by Gasteiger charge is -2.15.